The molecule has 0 saturated carbocycles. The average molecular weight is 469 g/mol. The van der Waals surface area contributed by atoms with Crippen molar-refractivity contribution < 1.29 is 19.0 Å². The summed E-state index contributed by atoms with van der Waals surface area (Å²) < 4.78 is 21.1. The van der Waals surface area contributed by atoms with Crippen LogP contribution in [0.25, 0.3) is 22.5 Å². The molecule has 7 heteroatoms. The topological polar surface area (TPSA) is 64.3 Å². The Morgan fingerprint density at radius 3 is 2.48 bits per heavy atom. The maximum Gasteiger partial charge on any atom is 0.309 e. The summed E-state index contributed by atoms with van der Waals surface area (Å²) in [6, 6.07) is 13.8. The Hall–Kier alpha value is -2.96. The fraction of sp³-hybridized carbons (Fsp3) is 0.308. The molecule has 1 aromatic heterocycles. The number of aromatic nitrogens is 2. The number of aliphatic hydroxyl groups is 1. The van der Waals surface area contributed by atoms with E-state index in [9.17, 15) is 14.3 Å². The molecule has 1 aliphatic heterocycles. The van der Waals surface area contributed by atoms with Gasteiger partial charge < -0.3 is 14.4 Å². The van der Waals surface area contributed by atoms with Crippen molar-refractivity contribution in [3.63, 3.8) is 0 Å². The van der Waals surface area contributed by atoms with Gasteiger partial charge in [-0.1, -0.05) is 43.7 Å². The van der Waals surface area contributed by atoms with Gasteiger partial charge in [0.15, 0.2) is 0 Å². The number of aliphatic hydroxyl groups excluding tert-OH is 1. The summed E-state index contributed by atoms with van der Waals surface area (Å²) in [5, 5.41) is 10.5. The van der Waals surface area contributed by atoms with E-state index in [1.54, 1.807) is 18.2 Å². The largest absolute Gasteiger partial charge is 0.458 e. The Bertz CT molecular complexity index is 1150. The number of halogens is 2. The monoisotopic (exact) mass is 468 g/mol. The fourth-order valence-electron chi connectivity index (χ4n) is 4.05. The first-order chi connectivity index (χ1) is 15.8. The van der Waals surface area contributed by atoms with E-state index < -0.39 is 18.2 Å². The molecular formula is C26H26ClFN2O3. The van der Waals surface area contributed by atoms with E-state index >= 15 is 0 Å². The molecule has 172 valence electrons. The van der Waals surface area contributed by atoms with Crippen molar-refractivity contribution in [1.29, 1.82) is 0 Å². The van der Waals surface area contributed by atoms with Crippen molar-refractivity contribution >= 4 is 17.6 Å². The Labute approximate surface area is 197 Å². The van der Waals surface area contributed by atoms with E-state index in [1.807, 2.05) is 30.3 Å². The molecule has 2 unspecified atom stereocenters. The standard InChI is InChI=1S/C26H26ClFN2O3/c1-16(2)26-29-24(17-5-9-19(27)10-6-17)25(18-7-11-20(28)12-8-18)30(26)13-3-4-22-14-21(31)15-23(32)33-22/h3-12,16,21-22,31H,13-15H2,1-2H3/b4-3+. The van der Waals surface area contributed by atoms with E-state index in [0.717, 1.165) is 28.3 Å². The van der Waals surface area contributed by atoms with Gasteiger partial charge in [0.1, 0.15) is 17.7 Å². The van der Waals surface area contributed by atoms with Gasteiger partial charge in [-0.2, -0.15) is 0 Å². The molecule has 2 aromatic carbocycles. The molecule has 0 aliphatic carbocycles. The second kappa shape index (κ2) is 9.89. The highest BCUT2D eigenvalue weighted by Gasteiger charge is 2.25. The van der Waals surface area contributed by atoms with E-state index in [2.05, 4.69) is 18.4 Å². The lowest BCUT2D eigenvalue weighted by atomic mass is 10.0. The molecule has 2 heterocycles. The Morgan fingerprint density at radius 2 is 1.85 bits per heavy atom. The van der Waals surface area contributed by atoms with Crippen LogP contribution >= 0.6 is 11.6 Å². The van der Waals surface area contributed by atoms with Crippen LogP contribution in [-0.4, -0.2) is 32.8 Å². The maximum atomic E-state index is 13.7. The third-order valence-electron chi connectivity index (χ3n) is 5.58. The highest BCUT2D eigenvalue weighted by Crippen LogP contribution is 2.35. The molecular weight excluding hydrogens is 443 g/mol. The number of hydrogen-bond donors (Lipinski definition) is 1. The number of allylic oxidation sites excluding steroid dienone is 1. The van der Waals surface area contributed by atoms with Crippen molar-refractivity contribution in [3.05, 3.63) is 77.3 Å². The van der Waals surface area contributed by atoms with Gasteiger partial charge in [0.05, 0.1) is 23.9 Å². The quantitative estimate of drug-likeness (QED) is 0.369. The zero-order valence-corrected chi connectivity index (χ0v) is 19.3. The Morgan fingerprint density at radius 1 is 1.18 bits per heavy atom. The van der Waals surface area contributed by atoms with Crippen LogP contribution in [0, 0.1) is 5.82 Å². The molecule has 3 aromatic rings. The van der Waals surface area contributed by atoms with Gasteiger partial charge in [0.25, 0.3) is 0 Å². The highest BCUT2D eigenvalue weighted by atomic mass is 35.5. The maximum absolute atomic E-state index is 13.7. The minimum absolute atomic E-state index is 0.0303. The predicted molar refractivity (Wildman–Crippen MR) is 126 cm³/mol. The summed E-state index contributed by atoms with van der Waals surface area (Å²) in [6.07, 6.45) is 2.99. The van der Waals surface area contributed by atoms with Crippen LogP contribution in [0.2, 0.25) is 5.02 Å². The zero-order valence-electron chi connectivity index (χ0n) is 18.5. The number of hydrogen-bond acceptors (Lipinski definition) is 4. The Kier molecular flexibility index (Phi) is 6.96. The van der Waals surface area contributed by atoms with Crippen LogP contribution in [0.4, 0.5) is 4.39 Å². The van der Waals surface area contributed by atoms with Gasteiger partial charge in [0.2, 0.25) is 0 Å². The molecule has 0 amide bonds. The van der Waals surface area contributed by atoms with Crippen molar-refractivity contribution in [1.82, 2.24) is 9.55 Å². The summed E-state index contributed by atoms with van der Waals surface area (Å²) in [6.45, 7) is 4.62. The number of carbonyl (C=O) groups excluding carboxylic acids is 1. The van der Waals surface area contributed by atoms with Gasteiger partial charge in [-0.3, -0.25) is 4.79 Å². The SMILES string of the molecule is CC(C)c1nc(-c2ccc(Cl)cc2)c(-c2ccc(F)cc2)n1C/C=C/C1CC(O)CC(=O)O1. The lowest BCUT2D eigenvalue weighted by Crippen LogP contribution is -2.31. The van der Waals surface area contributed by atoms with Gasteiger partial charge in [-0.15, -0.1) is 0 Å². The lowest BCUT2D eigenvalue weighted by molar-refractivity contribution is -0.156. The minimum Gasteiger partial charge on any atom is -0.458 e. The van der Waals surface area contributed by atoms with Crippen molar-refractivity contribution in [2.45, 2.75) is 51.4 Å². The third-order valence-corrected chi connectivity index (χ3v) is 5.83. The number of nitrogens with zero attached hydrogens (tertiary/aromatic N) is 2. The number of ether oxygens (including phenoxy) is 1. The highest BCUT2D eigenvalue weighted by molar-refractivity contribution is 6.30. The predicted octanol–water partition coefficient (Wildman–Crippen LogP) is 5.76. The van der Waals surface area contributed by atoms with Crippen molar-refractivity contribution in [3.8, 4) is 22.5 Å². The smallest absolute Gasteiger partial charge is 0.309 e. The minimum atomic E-state index is -0.688. The number of rotatable bonds is 6. The molecule has 2 atom stereocenters. The first-order valence-electron chi connectivity index (χ1n) is 11.0. The third kappa shape index (κ3) is 5.34. The van der Waals surface area contributed by atoms with Crippen molar-refractivity contribution in [2.24, 2.45) is 0 Å². The first kappa shape index (κ1) is 23.2. The molecule has 33 heavy (non-hydrogen) atoms. The van der Waals surface area contributed by atoms with E-state index in [4.69, 9.17) is 21.3 Å². The van der Waals surface area contributed by atoms with Gasteiger partial charge in [0, 0.05) is 35.0 Å². The molecule has 0 spiro atoms. The van der Waals surface area contributed by atoms with Crippen LogP contribution in [0.5, 0.6) is 0 Å². The second-order valence-corrected chi connectivity index (χ2v) is 8.93. The summed E-state index contributed by atoms with van der Waals surface area (Å²) in [5.41, 5.74) is 3.41. The molecule has 1 N–H and O–H groups in total. The van der Waals surface area contributed by atoms with Gasteiger partial charge >= 0.3 is 5.97 Å². The van der Waals surface area contributed by atoms with Crippen LogP contribution in [0.1, 0.15) is 38.4 Å². The van der Waals surface area contributed by atoms with E-state index in [1.165, 1.54) is 12.1 Å². The first-order valence-corrected chi connectivity index (χ1v) is 11.4. The summed E-state index contributed by atoms with van der Waals surface area (Å²) >= 11 is 6.09. The molecule has 0 radical (unpaired) electrons. The summed E-state index contributed by atoms with van der Waals surface area (Å²) in [7, 11) is 0. The fourth-order valence-corrected chi connectivity index (χ4v) is 4.18. The number of esters is 1. The molecule has 4 rings (SSSR count). The Balaban J connectivity index is 1.77. The number of cyclic esters (lactones) is 1. The molecule has 5 nitrogen and oxygen atoms in total. The summed E-state index contributed by atoms with van der Waals surface area (Å²) in [5.74, 6) is 0.308. The van der Waals surface area contributed by atoms with Crippen LogP contribution in [0.15, 0.2) is 60.7 Å². The normalized spacial score (nSPS) is 18.8. The van der Waals surface area contributed by atoms with Crippen LogP contribution < -0.4 is 0 Å². The van der Waals surface area contributed by atoms with E-state index in [-0.39, 0.29) is 18.2 Å². The van der Waals surface area contributed by atoms with Gasteiger partial charge in [-0.25, -0.2) is 9.37 Å². The number of benzene rings is 2. The van der Waals surface area contributed by atoms with Gasteiger partial charge in [-0.05, 0) is 42.5 Å². The summed E-state index contributed by atoms with van der Waals surface area (Å²) in [4.78, 5) is 16.6. The van der Waals surface area contributed by atoms with E-state index in [0.29, 0.717) is 18.0 Å². The molecule has 1 aliphatic rings. The number of carbonyl (C=O) groups is 1. The van der Waals surface area contributed by atoms with Crippen LogP contribution in [0.3, 0.4) is 0 Å². The lowest BCUT2D eigenvalue weighted by Gasteiger charge is -2.23. The molecule has 1 saturated heterocycles. The average Bonchev–Trinajstić information content (AvgIpc) is 3.14. The second-order valence-electron chi connectivity index (χ2n) is 8.50. The molecule has 0 bridgehead atoms. The molecule has 1 fully saturated rings. The zero-order chi connectivity index (χ0) is 23.5. The number of imidazole rings is 1. The van der Waals surface area contributed by atoms with Crippen molar-refractivity contribution in [2.75, 3.05) is 0 Å². The van der Waals surface area contributed by atoms with Crippen LogP contribution in [-0.2, 0) is 16.1 Å².